The standard InChI is InChI=1S/C11H10ClN3O/c1-15-6-10(16-11(15)14-7-13)8-2-4-9(12)5-3-8/h2-5,10H,6H2,1H3. The van der Waals surface area contributed by atoms with E-state index < -0.39 is 0 Å². The molecular weight excluding hydrogens is 226 g/mol. The van der Waals surface area contributed by atoms with Gasteiger partial charge < -0.3 is 9.64 Å². The van der Waals surface area contributed by atoms with Crippen molar-refractivity contribution in [3.8, 4) is 6.19 Å². The van der Waals surface area contributed by atoms with E-state index >= 15 is 0 Å². The molecule has 0 aromatic heterocycles. The fourth-order valence-corrected chi connectivity index (χ4v) is 1.71. The van der Waals surface area contributed by atoms with Gasteiger partial charge in [0.1, 0.15) is 6.10 Å². The number of benzene rings is 1. The SMILES string of the molecule is CN1CC(c2ccc(Cl)cc2)OC1=NC#N. The first-order valence-corrected chi connectivity index (χ1v) is 5.18. The number of nitrogens with zero attached hydrogens (tertiary/aromatic N) is 3. The number of ether oxygens (including phenoxy) is 1. The molecule has 5 heteroatoms. The van der Waals surface area contributed by atoms with E-state index in [4.69, 9.17) is 21.6 Å². The first kappa shape index (κ1) is 10.8. The van der Waals surface area contributed by atoms with Crippen LogP contribution in [0.4, 0.5) is 0 Å². The Kier molecular flexibility index (Phi) is 2.97. The van der Waals surface area contributed by atoms with Crippen molar-refractivity contribution in [3.63, 3.8) is 0 Å². The average Bonchev–Trinajstić information content (AvgIpc) is 2.62. The van der Waals surface area contributed by atoms with E-state index in [-0.39, 0.29) is 6.10 Å². The smallest absolute Gasteiger partial charge is 0.303 e. The number of halogens is 1. The molecule has 1 aliphatic heterocycles. The van der Waals surface area contributed by atoms with Crippen LogP contribution in [0.3, 0.4) is 0 Å². The van der Waals surface area contributed by atoms with E-state index in [1.54, 1.807) is 6.19 Å². The van der Waals surface area contributed by atoms with Crippen LogP contribution < -0.4 is 0 Å². The Morgan fingerprint density at radius 1 is 1.50 bits per heavy atom. The van der Waals surface area contributed by atoms with Gasteiger partial charge >= 0.3 is 6.02 Å². The normalized spacial score (nSPS) is 21.9. The van der Waals surface area contributed by atoms with Crippen LogP contribution >= 0.6 is 11.6 Å². The molecule has 1 aliphatic rings. The van der Waals surface area contributed by atoms with Crippen LogP contribution in [0.2, 0.25) is 5.02 Å². The molecule has 82 valence electrons. The van der Waals surface area contributed by atoms with Crippen molar-refractivity contribution in [2.24, 2.45) is 4.99 Å². The zero-order valence-electron chi connectivity index (χ0n) is 8.72. The monoisotopic (exact) mass is 235 g/mol. The van der Waals surface area contributed by atoms with E-state index in [9.17, 15) is 0 Å². The first-order chi connectivity index (χ1) is 7.70. The summed E-state index contributed by atoms with van der Waals surface area (Å²) in [6.45, 7) is 0.683. The fourth-order valence-electron chi connectivity index (χ4n) is 1.59. The molecule has 1 aromatic carbocycles. The number of likely N-dealkylation sites (N-methyl/N-ethyl adjacent to an activating group) is 1. The van der Waals surface area contributed by atoms with Crippen molar-refractivity contribution in [1.82, 2.24) is 4.90 Å². The Bertz CT molecular complexity index is 449. The summed E-state index contributed by atoms with van der Waals surface area (Å²) in [5.74, 6) is 0. The van der Waals surface area contributed by atoms with Gasteiger partial charge in [-0.05, 0) is 17.7 Å². The van der Waals surface area contributed by atoms with E-state index in [1.165, 1.54) is 0 Å². The van der Waals surface area contributed by atoms with Gasteiger partial charge in [0, 0.05) is 12.1 Å². The summed E-state index contributed by atoms with van der Waals surface area (Å²) in [6, 6.07) is 7.83. The lowest BCUT2D eigenvalue weighted by Gasteiger charge is -2.08. The van der Waals surface area contributed by atoms with Crippen molar-refractivity contribution in [1.29, 1.82) is 5.26 Å². The van der Waals surface area contributed by atoms with Crippen LogP contribution in [0, 0.1) is 11.5 Å². The summed E-state index contributed by atoms with van der Waals surface area (Å²) < 4.78 is 5.55. The van der Waals surface area contributed by atoms with Crippen molar-refractivity contribution < 1.29 is 4.74 Å². The minimum absolute atomic E-state index is 0.0885. The number of amidine groups is 1. The summed E-state index contributed by atoms with van der Waals surface area (Å²) in [7, 11) is 1.84. The Morgan fingerprint density at radius 3 is 2.81 bits per heavy atom. The molecule has 1 aromatic rings. The summed E-state index contributed by atoms with van der Waals surface area (Å²) in [6.07, 6.45) is 1.63. The minimum atomic E-state index is -0.0885. The molecule has 0 N–H and O–H groups in total. The van der Waals surface area contributed by atoms with Gasteiger partial charge in [-0.3, -0.25) is 0 Å². The maximum absolute atomic E-state index is 8.48. The van der Waals surface area contributed by atoms with Crippen molar-refractivity contribution >= 4 is 17.6 Å². The summed E-state index contributed by atoms with van der Waals surface area (Å²) >= 11 is 5.81. The van der Waals surface area contributed by atoms with Crippen molar-refractivity contribution in [3.05, 3.63) is 34.9 Å². The van der Waals surface area contributed by atoms with E-state index in [1.807, 2.05) is 36.2 Å². The van der Waals surface area contributed by atoms with Gasteiger partial charge in [-0.1, -0.05) is 23.7 Å². The highest BCUT2D eigenvalue weighted by molar-refractivity contribution is 6.30. The lowest BCUT2D eigenvalue weighted by molar-refractivity contribution is 0.235. The zero-order chi connectivity index (χ0) is 11.5. The topological polar surface area (TPSA) is 48.6 Å². The lowest BCUT2D eigenvalue weighted by atomic mass is 10.1. The lowest BCUT2D eigenvalue weighted by Crippen LogP contribution is -2.19. The van der Waals surface area contributed by atoms with Crippen LogP contribution in [0.5, 0.6) is 0 Å². The molecule has 0 amide bonds. The maximum Gasteiger partial charge on any atom is 0.303 e. The van der Waals surface area contributed by atoms with Crippen LogP contribution in [-0.4, -0.2) is 24.5 Å². The third-order valence-corrected chi connectivity index (χ3v) is 2.65. The highest BCUT2D eigenvalue weighted by atomic mass is 35.5. The summed E-state index contributed by atoms with van der Waals surface area (Å²) in [4.78, 5) is 5.41. The zero-order valence-corrected chi connectivity index (χ0v) is 9.48. The molecule has 1 saturated heterocycles. The highest BCUT2D eigenvalue weighted by Crippen LogP contribution is 2.26. The molecule has 0 spiro atoms. The van der Waals surface area contributed by atoms with E-state index in [0.717, 1.165) is 5.56 Å². The van der Waals surface area contributed by atoms with Crippen LogP contribution in [0.15, 0.2) is 29.3 Å². The molecule has 0 bridgehead atoms. The number of rotatable bonds is 1. The van der Waals surface area contributed by atoms with Gasteiger partial charge in [0.25, 0.3) is 0 Å². The largest absolute Gasteiger partial charge is 0.454 e. The number of hydrogen-bond donors (Lipinski definition) is 0. The average molecular weight is 236 g/mol. The Hall–Kier alpha value is -1.73. The van der Waals surface area contributed by atoms with Gasteiger partial charge in [0.05, 0.1) is 6.54 Å². The molecule has 0 aliphatic carbocycles. The van der Waals surface area contributed by atoms with Crippen LogP contribution in [-0.2, 0) is 4.74 Å². The molecule has 1 heterocycles. The summed E-state index contributed by atoms with van der Waals surface area (Å²) in [5, 5.41) is 9.17. The van der Waals surface area contributed by atoms with Crippen LogP contribution in [0.25, 0.3) is 0 Å². The second-order valence-electron chi connectivity index (χ2n) is 3.53. The maximum atomic E-state index is 8.48. The Balaban J connectivity index is 2.17. The predicted octanol–water partition coefficient (Wildman–Crippen LogP) is 2.18. The quantitative estimate of drug-likeness (QED) is 0.701. The highest BCUT2D eigenvalue weighted by Gasteiger charge is 2.27. The molecule has 4 nitrogen and oxygen atoms in total. The van der Waals surface area contributed by atoms with Crippen LogP contribution in [0.1, 0.15) is 11.7 Å². The first-order valence-electron chi connectivity index (χ1n) is 4.80. The number of hydrogen-bond acceptors (Lipinski definition) is 3. The second-order valence-corrected chi connectivity index (χ2v) is 3.97. The predicted molar refractivity (Wildman–Crippen MR) is 61.0 cm³/mol. The molecule has 16 heavy (non-hydrogen) atoms. The van der Waals surface area contributed by atoms with E-state index in [2.05, 4.69) is 4.99 Å². The third kappa shape index (κ3) is 2.10. The third-order valence-electron chi connectivity index (χ3n) is 2.40. The van der Waals surface area contributed by atoms with Gasteiger partial charge in [-0.25, -0.2) is 0 Å². The molecular formula is C11H10ClN3O. The van der Waals surface area contributed by atoms with Gasteiger partial charge in [0.15, 0.2) is 0 Å². The van der Waals surface area contributed by atoms with Gasteiger partial charge in [-0.2, -0.15) is 5.26 Å². The Morgan fingerprint density at radius 2 is 2.19 bits per heavy atom. The molecule has 0 saturated carbocycles. The molecule has 1 atom stereocenters. The second kappa shape index (κ2) is 4.42. The van der Waals surface area contributed by atoms with Crippen molar-refractivity contribution in [2.45, 2.75) is 6.10 Å². The number of nitriles is 1. The summed E-state index contributed by atoms with van der Waals surface area (Å²) in [5.41, 5.74) is 1.03. The van der Waals surface area contributed by atoms with Crippen molar-refractivity contribution in [2.75, 3.05) is 13.6 Å². The molecule has 1 fully saturated rings. The Labute approximate surface area is 98.7 Å². The number of aliphatic imine (C=N–C) groups is 1. The minimum Gasteiger partial charge on any atom is -0.454 e. The molecule has 1 unspecified atom stereocenters. The molecule has 2 rings (SSSR count). The van der Waals surface area contributed by atoms with E-state index in [0.29, 0.717) is 17.6 Å². The van der Waals surface area contributed by atoms with Gasteiger partial charge in [0.2, 0.25) is 6.19 Å². The van der Waals surface area contributed by atoms with Gasteiger partial charge in [-0.15, -0.1) is 4.99 Å². The molecule has 0 radical (unpaired) electrons. The fraction of sp³-hybridized carbons (Fsp3) is 0.273.